The molecule has 0 aliphatic heterocycles. The van der Waals surface area contributed by atoms with E-state index >= 15 is 0 Å². The molecule has 0 amide bonds. The van der Waals surface area contributed by atoms with E-state index in [4.69, 9.17) is 0 Å². The molecule has 52 valence electrons. The van der Waals surface area contributed by atoms with Gasteiger partial charge in [-0.3, -0.25) is 0 Å². The number of ketones is 1. The molecule has 0 bridgehead atoms. The maximum atomic E-state index is 9.81. The Balaban J connectivity index is -0.0000000286. The number of rotatable bonds is 1. The maximum Gasteiger partial charge on any atom is 1.00 e. The third kappa shape index (κ3) is 45.4. The van der Waals surface area contributed by atoms with Gasteiger partial charge in [-0.05, 0) is 6.92 Å². The predicted molar refractivity (Wildman–Crippen MR) is 38.7 cm³/mol. The molecule has 0 saturated carbocycles. The molecule has 0 spiro atoms. The van der Waals surface area contributed by atoms with Gasteiger partial charge in [-0.2, -0.15) is 0 Å². The molecule has 0 aromatic carbocycles. The van der Waals surface area contributed by atoms with Crippen LogP contribution in [0.15, 0.2) is 0 Å². The summed E-state index contributed by atoms with van der Waals surface area (Å²) in [6.07, 6.45) is 0.667. The van der Waals surface area contributed by atoms with Gasteiger partial charge in [0.2, 0.25) is 0 Å². The quantitative estimate of drug-likeness (QED) is 0.368. The average Bonchev–Trinajstić information content (AvgIpc) is 1.73. The Morgan fingerprint density at radius 1 is 1.33 bits per heavy atom. The standard InChI is InChI=1S/C4H8O.C2H6.CH3.K/c1-3-4(2)5;1-2;;/h3H2,1-2H3;1-2H3;1H3;/q;;-1;+1. The van der Waals surface area contributed by atoms with Gasteiger partial charge in [0.1, 0.15) is 5.78 Å². The summed E-state index contributed by atoms with van der Waals surface area (Å²) >= 11 is 0. The van der Waals surface area contributed by atoms with Crippen LogP contribution in [0.4, 0.5) is 0 Å². The van der Waals surface area contributed by atoms with Gasteiger partial charge in [0.05, 0.1) is 0 Å². The topological polar surface area (TPSA) is 17.1 Å². The van der Waals surface area contributed by atoms with Gasteiger partial charge in [-0.25, -0.2) is 0 Å². The van der Waals surface area contributed by atoms with Crippen LogP contribution in [-0.4, -0.2) is 5.78 Å². The summed E-state index contributed by atoms with van der Waals surface area (Å²) in [5, 5.41) is 0. The van der Waals surface area contributed by atoms with Gasteiger partial charge in [-0.1, -0.05) is 20.8 Å². The summed E-state index contributed by atoms with van der Waals surface area (Å²) < 4.78 is 0. The van der Waals surface area contributed by atoms with Gasteiger partial charge in [0.25, 0.3) is 0 Å². The fourth-order valence-corrected chi connectivity index (χ4v) is 0. The van der Waals surface area contributed by atoms with Crippen LogP contribution in [0.25, 0.3) is 0 Å². The van der Waals surface area contributed by atoms with E-state index in [0.717, 1.165) is 0 Å². The molecule has 1 nitrogen and oxygen atoms in total. The van der Waals surface area contributed by atoms with Crippen LogP contribution in [0.2, 0.25) is 0 Å². The van der Waals surface area contributed by atoms with E-state index in [1.165, 1.54) is 0 Å². The van der Waals surface area contributed by atoms with Crippen molar-refractivity contribution in [2.45, 2.75) is 34.1 Å². The second-order valence-corrected chi connectivity index (χ2v) is 1.06. The molecule has 0 aromatic heterocycles. The Hall–Kier alpha value is 1.31. The molecule has 0 rings (SSSR count). The molecule has 0 fully saturated rings. The zero-order valence-electron chi connectivity index (χ0n) is 7.62. The number of carbonyl (C=O) groups excluding carboxylic acids is 1. The van der Waals surface area contributed by atoms with E-state index in [1.807, 2.05) is 20.8 Å². The summed E-state index contributed by atoms with van der Waals surface area (Å²) in [5.41, 5.74) is 0. The van der Waals surface area contributed by atoms with Crippen molar-refractivity contribution in [3.63, 3.8) is 0 Å². The maximum absolute atomic E-state index is 9.81. The van der Waals surface area contributed by atoms with Crippen molar-refractivity contribution in [2.24, 2.45) is 0 Å². The fourth-order valence-electron chi connectivity index (χ4n) is 0. The Labute approximate surface area is 102 Å². The van der Waals surface area contributed by atoms with E-state index in [-0.39, 0.29) is 64.6 Å². The number of hydrogen-bond acceptors (Lipinski definition) is 1. The van der Waals surface area contributed by atoms with Crippen LogP contribution in [0.3, 0.4) is 0 Å². The molecule has 2 heteroatoms. The first-order valence-corrected chi connectivity index (χ1v) is 2.76. The Kier molecular flexibility index (Phi) is 56.9. The molecular formula is C7H17KO. The van der Waals surface area contributed by atoms with E-state index < -0.39 is 0 Å². The van der Waals surface area contributed by atoms with Crippen molar-refractivity contribution in [2.75, 3.05) is 0 Å². The first kappa shape index (κ1) is 22.4. The van der Waals surface area contributed by atoms with Crippen molar-refractivity contribution in [1.82, 2.24) is 0 Å². The molecule has 0 radical (unpaired) electrons. The minimum absolute atomic E-state index is 0. The number of carbonyl (C=O) groups is 1. The van der Waals surface area contributed by atoms with E-state index in [1.54, 1.807) is 6.92 Å². The second-order valence-electron chi connectivity index (χ2n) is 1.06. The third-order valence-corrected chi connectivity index (χ3v) is 0.498. The summed E-state index contributed by atoms with van der Waals surface area (Å²) in [6, 6.07) is 0. The minimum atomic E-state index is 0. The van der Waals surface area contributed by atoms with Gasteiger partial charge < -0.3 is 12.2 Å². The molecule has 9 heavy (non-hydrogen) atoms. The van der Waals surface area contributed by atoms with Crippen molar-refractivity contribution >= 4 is 5.78 Å². The molecule has 0 heterocycles. The van der Waals surface area contributed by atoms with Crippen molar-refractivity contribution in [1.29, 1.82) is 0 Å². The zero-order chi connectivity index (χ0) is 6.28. The Bertz CT molecular complexity index is 44.2. The fraction of sp³-hybridized carbons (Fsp3) is 0.714. The summed E-state index contributed by atoms with van der Waals surface area (Å²) in [4.78, 5) is 9.81. The van der Waals surface area contributed by atoms with Gasteiger partial charge in [0, 0.05) is 6.42 Å². The molecule has 0 atom stereocenters. The monoisotopic (exact) mass is 156 g/mol. The number of hydrogen-bond donors (Lipinski definition) is 0. The minimum Gasteiger partial charge on any atom is -0.358 e. The molecular weight excluding hydrogens is 139 g/mol. The van der Waals surface area contributed by atoms with Gasteiger partial charge >= 0.3 is 51.4 Å². The Morgan fingerprint density at radius 2 is 1.44 bits per heavy atom. The van der Waals surface area contributed by atoms with E-state index in [9.17, 15) is 4.79 Å². The van der Waals surface area contributed by atoms with Crippen LogP contribution in [0.5, 0.6) is 0 Å². The molecule has 0 unspecified atom stereocenters. The average molecular weight is 156 g/mol. The van der Waals surface area contributed by atoms with Crippen LogP contribution >= 0.6 is 0 Å². The smallest absolute Gasteiger partial charge is 0.358 e. The molecule has 0 aromatic rings. The summed E-state index contributed by atoms with van der Waals surface area (Å²) in [7, 11) is 0. The summed E-state index contributed by atoms with van der Waals surface area (Å²) in [5.74, 6) is 0.255. The van der Waals surface area contributed by atoms with Crippen LogP contribution in [0.1, 0.15) is 34.1 Å². The molecule has 0 aliphatic rings. The van der Waals surface area contributed by atoms with Gasteiger partial charge in [-0.15, -0.1) is 0 Å². The largest absolute Gasteiger partial charge is 1.00 e. The second kappa shape index (κ2) is 22.8. The zero-order valence-corrected chi connectivity index (χ0v) is 10.7. The molecule has 0 aliphatic carbocycles. The van der Waals surface area contributed by atoms with Crippen molar-refractivity contribution in [3.8, 4) is 0 Å². The van der Waals surface area contributed by atoms with Crippen LogP contribution < -0.4 is 51.4 Å². The van der Waals surface area contributed by atoms with Crippen LogP contribution in [-0.2, 0) is 4.79 Å². The normalized spacial score (nSPS) is 4.89. The first-order valence-electron chi connectivity index (χ1n) is 2.76. The van der Waals surface area contributed by atoms with E-state index in [0.29, 0.717) is 6.42 Å². The van der Waals surface area contributed by atoms with Gasteiger partial charge in [0.15, 0.2) is 0 Å². The molecule has 0 saturated heterocycles. The number of Topliss-reactive ketones (excluding diaryl/α,β-unsaturated/α-hetero) is 1. The summed E-state index contributed by atoms with van der Waals surface area (Å²) in [6.45, 7) is 7.43. The van der Waals surface area contributed by atoms with Crippen molar-refractivity contribution < 1.29 is 56.2 Å². The van der Waals surface area contributed by atoms with E-state index in [2.05, 4.69) is 0 Å². The third-order valence-electron chi connectivity index (χ3n) is 0.498. The Morgan fingerprint density at radius 3 is 1.44 bits per heavy atom. The van der Waals surface area contributed by atoms with Crippen molar-refractivity contribution in [3.05, 3.63) is 7.43 Å². The predicted octanol–water partition coefficient (Wildman–Crippen LogP) is -0.534. The van der Waals surface area contributed by atoms with Crippen LogP contribution in [0, 0.1) is 7.43 Å². The SMILES string of the molecule is CC.CCC(C)=O.[CH3-].[K+]. The molecule has 0 N–H and O–H groups in total. The first-order chi connectivity index (χ1) is 3.27.